The topological polar surface area (TPSA) is 105 Å². The van der Waals surface area contributed by atoms with Gasteiger partial charge in [0.2, 0.25) is 11.8 Å². The van der Waals surface area contributed by atoms with E-state index in [0.29, 0.717) is 19.3 Å². The third-order valence-corrected chi connectivity index (χ3v) is 5.65. The molecular formula is C21H34N4O4. The van der Waals surface area contributed by atoms with E-state index in [1.54, 1.807) is 36.1 Å². The van der Waals surface area contributed by atoms with Gasteiger partial charge in [-0.2, -0.15) is 0 Å². The molecule has 1 aromatic rings. The maximum Gasteiger partial charge on any atom is 0.237 e. The molecule has 0 aliphatic heterocycles. The summed E-state index contributed by atoms with van der Waals surface area (Å²) in [6, 6.07) is 5.58. The molecule has 0 spiro atoms. The molecular weight excluding hydrogens is 372 g/mol. The highest BCUT2D eigenvalue weighted by molar-refractivity contribution is 5.83. The van der Waals surface area contributed by atoms with Crippen molar-refractivity contribution in [2.24, 2.45) is 0 Å². The molecule has 0 unspecified atom stereocenters. The van der Waals surface area contributed by atoms with Crippen molar-refractivity contribution in [3.63, 3.8) is 0 Å². The molecule has 1 aliphatic rings. The number of aliphatic hydroxyl groups excluding tert-OH is 1. The molecule has 1 aliphatic carbocycles. The Balaban J connectivity index is 1.94. The minimum atomic E-state index is -0.687. The van der Waals surface area contributed by atoms with E-state index in [1.165, 1.54) is 0 Å². The minimum Gasteiger partial charge on any atom is -0.508 e. The molecule has 2 amide bonds. The van der Waals surface area contributed by atoms with E-state index in [0.717, 1.165) is 5.56 Å². The van der Waals surface area contributed by atoms with Gasteiger partial charge in [0.15, 0.2) is 0 Å². The molecule has 162 valence electrons. The zero-order chi connectivity index (χ0) is 21.7. The van der Waals surface area contributed by atoms with Gasteiger partial charge in [-0.1, -0.05) is 12.1 Å². The molecule has 4 N–H and O–H groups in total. The number of hydrogen-bond donors (Lipinski definition) is 4. The second kappa shape index (κ2) is 10.0. The molecule has 0 bridgehead atoms. The predicted molar refractivity (Wildman–Crippen MR) is 112 cm³/mol. The lowest BCUT2D eigenvalue weighted by atomic mass is 10.0. The first-order valence-corrected chi connectivity index (χ1v) is 9.98. The third kappa shape index (κ3) is 6.42. The Kier molecular flexibility index (Phi) is 8.01. The van der Waals surface area contributed by atoms with Crippen molar-refractivity contribution in [1.82, 2.24) is 20.4 Å². The lowest BCUT2D eigenvalue weighted by Gasteiger charge is -2.25. The quantitative estimate of drug-likeness (QED) is 0.482. The first kappa shape index (κ1) is 23.1. The zero-order valence-electron chi connectivity index (χ0n) is 17.9. The lowest BCUT2D eigenvalue weighted by molar-refractivity contribution is -0.126. The number of carbonyl (C=O) groups is 2. The van der Waals surface area contributed by atoms with Crippen molar-refractivity contribution in [3.05, 3.63) is 29.8 Å². The van der Waals surface area contributed by atoms with Crippen LogP contribution >= 0.6 is 0 Å². The summed E-state index contributed by atoms with van der Waals surface area (Å²) < 4.78 is 0. The molecule has 1 aromatic carbocycles. The summed E-state index contributed by atoms with van der Waals surface area (Å²) in [5, 5.41) is 25.7. The Bertz CT molecular complexity index is 692. The molecule has 8 heteroatoms. The van der Waals surface area contributed by atoms with Crippen LogP contribution in [0.1, 0.15) is 25.3 Å². The summed E-state index contributed by atoms with van der Waals surface area (Å²) >= 11 is 0. The van der Waals surface area contributed by atoms with Gasteiger partial charge in [-0.25, -0.2) is 0 Å². The Morgan fingerprint density at radius 2 is 1.66 bits per heavy atom. The van der Waals surface area contributed by atoms with Gasteiger partial charge in [0.25, 0.3) is 0 Å². The van der Waals surface area contributed by atoms with Gasteiger partial charge in [-0.3, -0.25) is 19.4 Å². The van der Waals surface area contributed by atoms with E-state index in [9.17, 15) is 19.8 Å². The fraction of sp³-hybridized carbons (Fsp3) is 0.619. The average molecular weight is 407 g/mol. The van der Waals surface area contributed by atoms with Crippen molar-refractivity contribution in [2.75, 3.05) is 28.2 Å². The van der Waals surface area contributed by atoms with Gasteiger partial charge in [0, 0.05) is 6.04 Å². The van der Waals surface area contributed by atoms with Crippen LogP contribution in [0.2, 0.25) is 0 Å². The maximum atomic E-state index is 12.9. The zero-order valence-corrected chi connectivity index (χ0v) is 17.9. The first-order chi connectivity index (χ1) is 13.6. The minimum absolute atomic E-state index is 0.117. The fourth-order valence-electron chi connectivity index (χ4n) is 3.49. The number of benzene rings is 1. The number of aliphatic hydroxyl groups is 1. The summed E-state index contributed by atoms with van der Waals surface area (Å²) in [4.78, 5) is 28.8. The number of phenolic OH excluding ortho intramolecular Hbond substituents is 1. The van der Waals surface area contributed by atoms with Gasteiger partial charge in [-0.15, -0.1) is 0 Å². The van der Waals surface area contributed by atoms with E-state index >= 15 is 0 Å². The number of likely N-dealkylation sites (N-methyl/N-ethyl adjacent to an activating group) is 2. The van der Waals surface area contributed by atoms with Gasteiger partial charge < -0.3 is 20.8 Å². The largest absolute Gasteiger partial charge is 0.508 e. The Morgan fingerprint density at radius 1 is 1.03 bits per heavy atom. The molecule has 8 nitrogen and oxygen atoms in total. The summed E-state index contributed by atoms with van der Waals surface area (Å²) in [7, 11) is 7.35. The number of carbonyl (C=O) groups excluding carboxylic acids is 2. The number of aromatic hydroxyl groups is 1. The number of phenols is 1. The standard InChI is InChI=1S/C21H34N4O4/c1-13(24(2)3)20(28)23-17-11-15(12-19(17)27)22-21(29)18(25(4)5)10-14-6-8-16(26)9-7-14/h6-9,13,15,17-19,26-27H,10-12H2,1-5H3,(H,22,29)(H,23,28)/t13-,15+,17+,18-,19+/m0/s1. The van der Waals surface area contributed by atoms with E-state index < -0.39 is 6.10 Å². The van der Waals surface area contributed by atoms with Crippen LogP contribution in [-0.4, -0.2) is 90.3 Å². The van der Waals surface area contributed by atoms with Crippen molar-refractivity contribution >= 4 is 11.8 Å². The number of nitrogens with zero attached hydrogens (tertiary/aromatic N) is 2. The molecule has 0 heterocycles. The number of amides is 2. The van der Waals surface area contributed by atoms with Crippen LogP contribution in [0.5, 0.6) is 5.75 Å². The molecule has 0 saturated heterocycles. The van der Waals surface area contributed by atoms with Crippen LogP contribution in [0, 0.1) is 0 Å². The Morgan fingerprint density at radius 3 is 2.21 bits per heavy atom. The summed E-state index contributed by atoms with van der Waals surface area (Å²) in [5.74, 6) is -0.0605. The highest BCUT2D eigenvalue weighted by Gasteiger charge is 2.36. The van der Waals surface area contributed by atoms with Gasteiger partial charge in [-0.05, 0) is 72.1 Å². The fourth-order valence-corrected chi connectivity index (χ4v) is 3.49. The normalized spacial score (nSPS) is 23.8. The first-order valence-electron chi connectivity index (χ1n) is 9.98. The van der Waals surface area contributed by atoms with E-state index in [1.807, 2.05) is 33.1 Å². The maximum absolute atomic E-state index is 12.9. The second-order valence-corrected chi connectivity index (χ2v) is 8.35. The van der Waals surface area contributed by atoms with Crippen molar-refractivity contribution in [1.29, 1.82) is 0 Å². The second-order valence-electron chi connectivity index (χ2n) is 8.35. The number of hydrogen-bond acceptors (Lipinski definition) is 6. The van der Waals surface area contributed by atoms with Gasteiger partial charge in [0.05, 0.1) is 24.2 Å². The number of nitrogens with one attached hydrogen (secondary N) is 2. The molecule has 5 atom stereocenters. The SMILES string of the molecule is C[C@@H](C(=O)N[C@@H]1C[C@@H](NC(=O)[C@H](Cc2ccc(O)cc2)N(C)C)C[C@H]1O)N(C)C. The van der Waals surface area contributed by atoms with Crippen LogP contribution in [0.3, 0.4) is 0 Å². The van der Waals surface area contributed by atoms with Gasteiger partial charge >= 0.3 is 0 Å². The summed E-state index contributed by atoms with van der Waals surface area (Å²) in [6.07, 6.45) is 0.730. The highest BCUT2D eigenvalue weighted by atomic mass is 16.3. The van der Waals surface area contributed by atoms with Gasteiger partial charge in [0.1, 0.15) is 5.75 Å². The molecule has 1 saturated carbocycles. The monoisotopic (exact) mass is 406 g/mol. The van der Waals surface area contributed by atoms with Crippen molar-refractivity contribution < 1.29 is 19.8 Å². The van der Waals surface area contributed by atoms with Crippen molar-refractivity contribution in [2.45, 2.75) is 56.5 Å². The Labute approximate surface area is 172 Å². The molecule has 1 fully saturated rings. The molecule has 0 aromatic heterocycles. The van der Waals surface area contributed by atoms with Crippen LogP contribution in [0.4, 0.5) is 0 Å². The molecule has 0 radical (unpaired) electrons. The van der Waals surface area contributed by atoms with Crippen LogP contribution < -0.4 is 10.6 Å². The van der Waals surface area contributed by atoms with E-state index in [-0.39, 0.29) is 41.7 Å². The Hall–Kier alpha value is -2.16. The predicted octanol–water partition coefficient (Wildman–Crippen LogP) is -0.0607. The molecule has 29 heavy (non-hydrogen) atoms. The van der Waals surface area contributed by atoms with Crippen LogP contribution in [0.15, 0.2) is 24.3 Å². The smallest absolute Gasteiger partial charge is 0.237 e. The summed E-state index contributed by atoms with van der Waals surface area (Å²) in [6.45, 7) is 1.81. The van der Waals surface area contributed by atoms with E-state index in [2.05, 4.69) is 10.6 Å². The van der Waals surface area contributed by atoms with Crippen molar-refractivity contribution in [3.8, 4) is 5.75 Å². The third-order valence-electron chi connectivity index (χ3n) is 5.65. The number of rotatable bonds is 8. The van der Waals surface area contributed by atoms with E-state index in [4.69, 9.17) is 0 Å². The summed E-state index contributed by atoms with van der Waals surface area (Å²) in [5.41, 5.74) is 0.950. The van der Waals surface area contributed by atoms with Crippen LogP contribution in [0.25, 0.3) is 0 Å². The molecule has 2 rings (SSSR count). The highest BCUT2D eigenvalue weighted by Crippen LogP contribution is 2.21. The lowest BCUT2D eigenvalue weighted by Crippen LogP contribution is -2.49. The van der Waals surface area contributed by atoms with Crippen LogP contribution in [-0.2, 0) is 16.0 Å². The average Bonchev–Trinajstić information content (AvgIpc) is 2.98.